The van der Waals surface area contributed by atoms with Gasteiger partial charge >= 0.3 is 0 Å². The third kappa shape index (κ3) is 6.02. The second kappa shape index (κ2) is 10.8. The molecule has 0 saturated carbocycles. The van der Waals surface area contributed by atoms with Crippen molar-refractivity contribution in [2.45, 2.75) is 39.0 Å². The number of ether oxygens (including phenoxy) is 1. The normalized spacial score (nSPS) is 11.9. The lowest BCUT2D eigenvalue weighted by Gasteiger charge is -2.20. The van der Waals surface area contributed by atoms with Crippen molar-refractivity contribution in [1.82, 2.24) is 0 Å². The van der Waals surface area contributed by atoms with Gasteiger partial charge in [0, 0.05) is 27.9 Å². The number of halogens is 3. The lowest BCUT2D eigenvalue weighted by Crippen LogP contribution is -2.07. The first-order chi connectivity index (χ1) is 15.3. The molecule has 1 unspecified atom stereocenters. The van der Waals surface area contributed by atoms with Gasteiger partial charge < -0.3 is 9.84 Å². The second-order valence-corrected chi connectivity index (χ2v) is 8.63. The van der Waals surface area contributed by atoms with Gasteiger partial charge in [-0.1, -0.05) is 60.8 Å². The van der Waals surface area contributed by atoms with Crippen LogP contribution in [0, 0.1) is 5.82 Å². The number of Topliss-reactive ketones (excluding diaryl/α,β-unsaturated/α-hetero) is 1. The summed E-state index contributed by atoms with van der Waals surface area (Å²) in [7, 11) is 0. The van der Waals surface area contributed by atoms with Crippen LogP contribution < -0.4 is 4.74 Å². The highest BCUT2D eigenvalue weighted by Crippen LogP contribution is 2.37. The Morgan fingerprint density at radius 2 is 1.72 bits per heavy atom. The Morgan fingerprint density at radius 3 is 2.31 bits per heavy atom. The first-order valence-electron chi connectivity index (χ1n) is 10.5. The maximum absolute atomic E-state index is 13.4. The smallest absolute Gasteiger partial charge is 0.167 e. The zero-order chi connectivity index (χ0) is 23.3. The first kappa shape index (κ1) is 24.1. The van der Waals surface area contributed by atoms with Crippen molar-refractivity contribution in [3.63, 3.8) is 0 Å². The highest BCUT2D eigenvalue weighted by Gasteiger charge is 2.19. The van der Waals surface area contributed by atoms with Crippen molar-refractivity contribution < 1.29 is 19.0 Å². The Morgan fingerprint density at radius 1 is 1.06 bits per heavy atom. The van der Waals surface area contributed by atoms with Gasteiger partial charge in [-0.05, 0) is 60.4 Å². The molecule has 168 valence electrons. The van der Waals surface area contributed by atoms with Crippen LogP contribution in [-0.4, -0.2) is 17.5 Å². The topological polar surface area (TPSA) is 46.5 Å². The lowest BCUT2D eigenvalue weighted by molar-refractivity contribution is -0.118. The maximum Gasteiger partial charge on any atom is 0.167 e. The molecule has 0 aliphatic heterocycles. The number of rotatable bonds is 9. The van der Waals surface area contributed by atoms with E-state index in [9.17, 15) is 14.3 Å². The largest absolute Gasteiger partial charge is 0.508 e. The van der Waals surface area contributed by atoms with Gasteiger partial charge in [0.15, 0.2) is 5.78 Å². The van der Waals surface area contributed by atoms with Crippen molar-refractivity contribution in [3.05, 3.63) is 92.7 Å². The number of ketones is 1. The maximum atomic E-state index is 13.4. The number of phenolic OH excluding ortho intramolecular Hbond substituents is 1. The van der Waals surface area contributed by atoms with E-state index in [1.165, 1.54) is 19.1 Å². The Bertz CT molecular complexity index is 1070. The van der Waals surface area contributed by atoms with Gasteiger partial charge in [0.05, 0.1) is 0 Å². The fraction of sp³-hybridized carbons (Fsp3) is 0.269. The summed E-state index contributed by atoms with van der Waals surface area (Å²) in [5.74, 6) is 0.183. The van der Waals surface area contributed by atoms with Crippen molar-refractivity contribution >= 4 is 29.0 Å². The number of phenols is 1. The summed E-state index contributed by atoms with van der Waals surface area (Å²) in [5.41, 5.74) is 3.39. The molecule has 0 saturated heterocycles. The van der Waals surface area contributed by atoms with E-state index < -0.39 is 0 Å². The zero-order valence-corrected chi connectivity index (χ0v) is 19.5. The Kier molecular flexibility index (Phi) is 8.16. The first-order valence-corrected chi connectivity index (χ1v) is 11.2. The van der Waals surface area contributed by atoms with E-state index in [1.807, 2.05) is 12.1 Å². The van der Waals surface area contributed by atoms with E-state index in [1.54, 1.807) is 30.3 Å². The van der Waals surface area contributed by atoms with E-state index in [0.717, 1.165) is 35.1 Å². The van der Waals surface area contributed by atoms with Crippen LogP contribution in [0.25, 0.3) is 0 Å². The Hall–Kier alpha value is -2.56. The van der Waals surface area contributed by atoms with Gasteiger partial charge in [0.1, 0.15) is 23.9 Å². The molecule has 3 aromatic rings. The zero-order valence-electron chi connectivity index (χ0n) is 18.0. The molecule has 0 heterocycles. The van der Waals surface area contributed by atoms with Crippen LogP contribution in [-0.2, 0) is 11.2 Å². The van der Waals surface area contributed by atoms with Crippen molar-refractivity contribution in [3.8, 4) is 11.5 Å². The van der Waals surface area contributed by atoms with Crippen LogP contribution in [0.5, 0.6) is 11.5 Å². The van der Waals surface area contributed by atoms with Crippen molar-refractivity contribution in [1.29, 1.82) is 0 Å². The molecule has 0 aliphatic rings. The van der Waals surface area contributed by atoms with Crippen LogP contribution in [0.4, 0.5) is 4.39 Å². The Labute approximate surface area is 197 Å². The van der Waals surface area contributed by atoms with E-state index in [0.29, 0.717) is 22.2 Å². The second-order valence-electron chi connectivity index (χ2n) is 7.82. The summed E-state index contributed by atoms with van der Waals surface area (Å²) in [6.45, 7) is 3.47. The summed E-state index contributed by atoms with van der Waals surface area (Å²) >= 11 is 12.9. The van der Waals surface area contributed by atoms with Gasteiger partial charge in [-0.3, -0.25) is 4.79 Å². The van der Waals surface area contributed by atoms with Crippen LogP contribution in [0.15, 0.2) is 54.6 Å². The van der Waals surface area contributed by atoms with Crippen LogP contribution >= 0.6 is 23.2 Å². The van der Waals surface area contributed by atoms with Gasteiger partial charge in [-0.2, -0.15) is 0 Å². The molecule has 0 amide bonds. The standard InChI is InChI=1S/C26H25Cl2FO3/c1-3-4-21(18-6-8-19(29)9-7-18)22-11-17(5-10-26(22)31)12-23-24(27)13-20(14-25(23)28)32-15-16(2)30/h5-11,13-14,21,31H,3-4,12,15H2,1-2H3. The number of benzene rings is 3. The third-order valence-electron chi connectivity index (χ3n) is 5.25. The summed E-state index contributed by atoms with van der Waals surface area (Å²) in [4.78, 5) is 11.1. The average molecular weight is 475 g/mol. The molecule has 0 spiro atoms. The van der Waals surface area contributed by atoms with E-state index >= 15 is 0 Å². The van der Waals surface area contributed by atoms with Gasteiger partial charge in [0.2, 0.25) is 0 Å². The van der Waals surface area contributed by atoms with Crippen LogP contribution in [0.2, 0.25) is 10.0 Å². The molecule has 0 aromatic heterocycles. The summed E-state index contributed by atoms with van der Waals surface area (Å²) in [6.07, 6.45) is 2.18. The average Bonchev–Trinajstić information content (AvgIpc) is 2.75. The Balaban J connectivity index is 1.91. The molecule has 0 radical (unpaired) electrons. The molecule has 1 atom stereocenters. The van der Waals surface area contributed by atoms with Crippen molar-refractivity contribution in [2.75, 3.05) is 6.61 Å². The predicted octanol–water partition coefficient (Wildman–Crippen LogP) is 7.33. The van der Waals surface area contributed by atoms with Crippen LogP contribution in [0.3, 0.4) is 0 Å². The monoisotopic (exact) mass is 474 g/mol. The lowest BCUT2D eigenvalue weighted by atomic mass is 9.85. The minimum absolute atomic E-state index is 0.0461. The SMILES string of the molecule is CCCC(c1ccc(F)cc1)c1cc(Cc2c(Cl)cc(OCC(C)=O)cc2Cl)ccc1O. The summed E-state index contributed by atoms with van der Waals surface area (Å²) < 4.78 is 18.8. The van der Waals surface area contributed by atoms with E-state index in [-0.39, 0.29) is 29.9 Å². The van der Waals surface area contributed by atoms with Gasteiger partial charge in [0.25, 0.3) is 0 Å². The molecule has 6 heteroatoms. The molecular formula is C26H25Cl2FO3. The van der Waals surface area contributed by atoms with Crippen LogP contribution in [0.1, 0.15) is 54.9 Å². The number of aromatic hydroxyl groups is 1. The third-order valence-corrected chi connectivity index (χ3v) is 5.93. The molecular weight excluding hydrogens is 450 g/mol. The summed E-state index contributed by atoms with van der Waals surface area (Å²) in [6, 6.07) is 15.1. The highest BCUT2D eigenvalue weighted by molar-refractivity contribution is 6.36. The predicted molar refractivity (Wildman–Crippen MR) is 127 cm³/mol. The molecule has 0 aliphatic carbocycles. The highest BCUT2D eigenvalue weighted by atomic mass is 35.5. The number of carbonyl (C=O) groups is 1. The quantitative estimate of drug-likeness (QED) is 0.353. The molecule has 0 fully saturated rings. The number of carbonyl (C=O) groups excluding carboxylic acids is 1. The molecule has 0 bridgehead atoms. The summed E-state index contributed by atoms with van der Waals surface area (Å²) in [5, 5.41) is 11.5. The fourth-order valence-corrected chi connectivity index (χ4v) is 4.30. The number of hydrogen-bond acceptors (Lipinski definition) is 3. The molecule has 3 aromatic carbocycles. The number of hydrogen-bond donors (Lipinski definition) is 1. The minimum Gasteiger partial charge on any atom is -0.508 e. The van der Waals surface area contributed by atoms with E-state index in [2.05, 4.69) is 6.92 Å². The minimum atomic E-state index is -0.290. The van der Waals surface area contributed by atoms with Gasteiger partial charge in [-0.25, -0.2) is 4.39 Å². The van der Waals surface area contributed by atoms with Gasteiger partial charge in [-0.15, -0.1) is 0 Å². The van der Waals surface area contributed by atoms with E-state index in [4.69, 9.17) is 27.9 Å². The molecule has 3 nitrogen and oxygen atoms in total. The molecule has 3 rings (SSSR count). The fourth-order valence-electron chi connectivity index (χ4n) is 3.70. The molecule has 32 heavy (non-hydrogen) atoms. The molecule has 1 N–H and O–H groups in total. The van der Waals surface area contributed by atoms with Crippen molar-refractivity contribution in [2.24, 2.45) is 0 Å².